The minimum atomic E-state index is -4.89. The average Bonchev–Trinajstić information content (AvgIpc) is 3.11. The Labute approximate surface area is 150 Å². The molecule has 0 fully saturated rings. The number of nitrogens with zero attached hydrogens (tertiary/aromatic N) is 1. The van der Waals surface area contributed by atoms with Crippen molar-refractivity contribution in [1.29, 1.82) is 0 Å². The Morgan fingerprint density at radius 3 is 2.56 bits per heavy atom. The Kier molecular flexibility index (Phi) is 4.89. The summed E-state index contributed by atoms with van der Waals surface area (Å²) < 4.78 is 53.2. The first-order valence-electron chi connectivity index (χ1n) is 7.78. The van der Waals surface area contributed by atoms with Crippen LogP contribution in [0.5, 0.6) is 0 Å². The summed E-state index contributed by atoms with van der Waals surface area (Å²) in [5.74, 6) is -2.82. The zero-order valence-corrected chi connectivity index (χ0v) is 13.7. The molecule has 0 radical (unpaired) electrons. The lowest BCUT2D eigenvalue weighted by Gasteiger charge is -2.12. The van der Waals surface area contributed by atoms with E-state index in [0.717, 1.165) is 24.4 Å². The highest BCUT2D eigenvalue weighted by Gasteiger charge is 2.37. The lowest BCUT2D eigenvalue weighted by molar-refractivity contribution is -0.138. The van der Waals surface area contributed by atoms with Gasteiger partial charge in [-0.2, -0.15) is 13.2 Å². The molecule has 3 aromatic rings. The van der Waals surface area contributed by atoms with E-state index in [4.69, 9.17) is 0 Å². The van der Waals surface area contributed by atoms with Crippen LogP contribution in [-0.2, 0) is 12.6 Å². The lowest BCUT2D eigenvalue weighted by atomic mass is 9.98. The van der Waals surface area contributed by atoms with Crippen molar-refractivity contribution in [1.82, 2.24) is 9.97 Å². The number of Topliss-reactive ketones (excluding diaryl/α,β-unsaturated/α-hetero) is 1. The molecule has 0 saturated carbocycles. The molecule has 27 heavy (non-hydrogen) atoms. The highest BCUT2D eigenvalue weighted by molar-refractivity contribution is 6.11. The number of aromatic amines is 1. The van der Waals surface area contributed by atoms with Gasteiger partial charge < -0.3 is 4.98 Å². The maximum Gasteiger partial charge on any atom is 0.417 e. The van der Waals surface area contributed by atoms with Gasteiger partial charge in [0.1, 0.15) is 5.82 Å². The van der Waals surface area contributed by atoms with Crippen molar-refractivity contribution in [2.24, 2.45) is 0 Å². The van der Waals surface area contributed by atoms with E-state index in [1.54, 1.807) is 18.3 Å². The van der Waals surface area contributed by atoms with Gasteiger partial charge in [0.2, 0.25) is 0 Å². The quantitative estimate of drug-likeness (QED) is 0.536. The fraction of sp³-hybridized carbons (Fsp3) is 0.105. The van der Waals surface area contributed by atoms with Crippen LogP contribution in [0.2, 0.25) is 0 Å². The summed E-state index contributed by atoms with van der Waals surface area (Å²) in [6.45, 7) is 0. The molecule has 0 aliphatic carbocycles. The van der Waals surface area contributed by atoms with Gasteiger partial charge in [0.25, 0.3) is 0 Å². The smallest absolute Gasteiger partial charge is 0.358 e. The number of ketones is 2. The second-order valence-corrected chi connectivity index (χ2v) is 5.75. The van der Waals surface area contributed by atoms with Crippen LogP contribution < -0.4 is 0 Å². The van der Waals surface area contributed by atoms with Gasteiger partial charge in [-0.05, 0) is 29.8 Å². The Morgan fingerprint density at radius 2 is 1.89 bits per heavy atom. The second-order valence-electron chi connectivity index (χ2n) is 5.75. The SMILES string of the molecule is O=C(Cc1cccnc1)c1cc(C(=O)c2c(F)cccc2C(F)(F)F)c[nH]1. The van der Waals surface area contributed by atoms with Gasteiger partial charge in [-0.3, -0.25) is 14.6 Å². The molecule has 0 spiro atoms. The molecule has 0 bridgehead atoms. The molecule has 0 amide bonds. The highest BCUT2D eigenvalue weighted by atomic mass is 19.4. The Morgan fingerprint density at radius 1 is 1.11 bits per heavy atom. The Bertz CT molecular complexity index is 994. The summed E-state index contributed by atoms with van der Waals surface area (Å²) in [6, 6.07) is 6.77. The van der Waals surface area contributed by atoms with Crippen molar-refractivity contribution < 1.29 is 27.2 Å². The summed E-state index contributed by atoms with van der Waals surface area (Å²) >= 11 is 0. The summed E-state index contributed by atoms with van der Waals surface area (Å²) in [5, 5.41) is 0. The van der Waals surface area contributed by atoms with Gasteiger partial charge in [0.05, 0.1) is 16.8 Å². The van der Waals surface area contributed by atoms with Gasteiger partial charge in [-0.25, -0.2) is 4.39 Å². The molecule has 4 nitrogen and oxygen atoms in total. The number of pyridine rings is 1. The van der Waals surface area contributed by atoms with Gasteiger partial charge in [-0.1, -0.05) is 12.1 Å². The standard InChI is InChI=1S/C19H12F4N2O2/c20-14-5-1-4-13(19(21,22)23)17(14)18(27)12-8-15(25-10-12)16(26)7-11-3-2-6-24-9-11/h1-6,8-10,25H,7H2. The Hall–Kier alpha value is -3.29. The first kappa shape index (κ1) is 18.5. The number of aromatic nitrogens is 2. The van der Waals surface area contributed by atoms with E-state index in [1.807, 2.05) is 0 Å². The average molecular weight is 376 g/mol. The van der Waals surface area contributed by atoms with Crippen LogP contribution in [0.3, 0.4) is 0 Å². The van der Waals surface area contributed by atoms with E-state index in [-0.39, 0.29) is 23.5 Å². The van der Waals surface area contributed by atoms with E-state index in [9.17, 15) is 27.2 Å². The maximum absolute atomic E-state index is 14.0. The van der Waals surface area contributed by atoms with Crippen molar-refractivity contribution in [2.75, 3.05) is 0 Å². The fourth-order valence-electron chi connectivity index (χ4n) is 2.61. The van der Waals surface area contributed by atoms with Crippen molar-refractivity contribution in [3.8, 4) is 0 Å². The van der Waals surface area contributed by atoms with Gasteiger partial charge in [0.15, 0.2) is 11.6 Å². The molecular formula is C19H12F4N2O2. The molecule has 3 rings (SSSR count). The number of H-pyrrole nitrogens is 1. The largest absolute Gasteiger partial charge is 0.417 e. The van der Waals surface area contributed by atoms with Crippen molar-refractivity contribution in [3.63, 3.8) is 0 Å². The molecule has 0 saturated heterocycles. The van der Waals surface area contributed by atoms with Crippen molar-refractivity contribution in [2.45, 2.75) is 12.6 Å². The number of rotatable bonds is 5. The minimum absolute atomic E-state index is 0.00448. The van der Waals surface area contributed by atoms with Crippen LogP contribution in [0.25, 0.3) is 0 Å². The highest BCUT2D eigenvalue weighted by Crippen LogP contribution is 2.34. The summed E-state index contributed by atoms with van der Waals surface area (Å²) in [7, 11) is 0. The number of carbonyl (C=O) groups excluding carboxylic acids is 2. The van der Waals surface area contributed by atoms with Gasteiger partial charge in [-0.15, -0.1) is 0 Å². The van der Waals surface area contributed by atoms with E-state index >= 15 is 0 Å². The third-order valence-corrected chi connectivity index (χ3v) is 3.88. The molecule has 0 aliphatic rings. The van der Waals surface area contributed by atoms with E-state index in [2.05, 4.69) is 9.97 Å². The predicted molar refractivity (Wildman–Crippen MR) is 87.9 cm³/mol. The molecule has 0 unspecified atom stereocenters. The molecule has 1 N–H and O–H groups in total. The van der Waals surface area contributed by atoms with E-state index in [0.29, 0.717) is 11.6 Å². The predicted octanol–water partition coefficient (Wildman–Crippen LogP) is 4.22. The topological polar surface area (TPSA) is 62.8 Å². The van der Waals surface area contributed by atoms with Crippen LogP contribution in [-0.4, -0.2) is 21.5 Å². The van der Waals surface area contributed by atoms with Crippen LogP contribution in [0.1, 0.15) is 37.5 Å². The zero-order chi connectivity index (χ0) is 19.6. The monoisotopic (exact) mass is 376 g/mol. The zero-order valence-electron chi connectivity index (χ0n) is 13.7. The maximum atomic E-state index is 14.0. The molecule has 8 heteroatoms. The van der Waals surface area contributed by atoms with Crippen molar-refractivity contribution in [3.05, 3.63) is 88.8 Å². The fourth-order valence-corrected chi connectivity index (χ4v) is 2.61. The van der Waals surface area contributed by atoms with Crippen LogP contribution in [0.4, 0.5) is 17.6 Å². The Balaban J connectivity index is 1.89. The van der Waals surface area contributed by atoms with Crippen LogP contribution in [0.15, 0.2) is 55.0 Å². The number of hydrogen-bond acceptors (Lipinski definition) is 3. The normalized spacial score (nSPS) is 11.4. The van der Waals surface area contributed by atoms with E-state index in [1.165, 1.54) is 6.20 Å². The number of halogens is 4. The van der Waals surface area contributed by atoms with Crippen molar-refractivity contribution >= 4 is 11.6 Å². The first-order valence-corrected chi connectivity index (χ1v) is 7.78. The number of nitrogens with one attached hydrogen (secondary N) is 1. The third kappa shape index (κ3) is 3.94. The molecular weight excluding hydrogens is 364 g/mol. The minimum Gasteiger partial charge on any atom is -0.358 e. The van der Waals surface area contributed by atoms with Gasteiger partial charge >= 0.3 is 6.18 Å². The molecule has 0 aliphatic heterocycles. The number of carbonyl (C=O) groups is 2. The third-order valence-electron chi connectivity index (χ3n) is 3.88. The molecule has 2 aromatic heterocycles. The van der Waals surface area contributed by atoms with E-state index < -0.39 is 28.9 Å². The lowest BCUT2D eigenvalue weighted by Crippen LogP contribution is -2.15. The molecule has 138 valence electrons. The summed E-state index contributed by atoms with van der Waals surface area (Å²) in [5.41, 5.74) is -2.00. The summed E-state index contributed by atoms with van der Waals surface area (Å²) in [4.78, 5) is 31.1. The first-order chi connectivity index (χ1) is 12.8. The van der Waals surface area contributed by atoms with Gasteiger partial charge in [0, 0.05) is 30.6 Å². The molecule has 1 aromatic carbocycles. The molecule has 2 heterocycles. The second kappa shape index (κ2) is 7.14. The van der Waals surface area contributed by atoms with Crippen LogP contribution in [0, 0.1) is 5.82 Å². The van der Waals surface area contributed by atoms with Crippen LogP contribution >= 0.6 is 0 Å². The summed E-state index contributed by atoms with van der Waals surface area (Å²) in [6.07, 6.45) is -0.753. The number of hydrogen-bond donors (Lipinski definition) is 1. The number of alkyl halides is 3. The number of benzene rings is 1. The molecule has 0 atom stereocenters.